The van der Waals surface area contributed by atoms with Crippen molar-refractivity contribution in [2.24, 2.45) is 0 Å². The molecule has 2 heteroatoms. The van der Waals surface area contributed by atoms with E-state index in [1.54, 1.807) is 0 Å². The number of para-hydroxylation sites is 1. The number of rotatable bonds is 3. The highest BCUT2D eigenvalue weighted by atomic mass is 32.1. The lowest BCUT2D eigenvalue weighted by atomic mass is 9.85. The molecule has 54 heavy (non-hydrogen) atoms. The van der Waals surface area contributed by atoms with E-state index in [1.165, 1.54) is 107 Å². The molecule has 0 unspecified atom stereocenters. The third-order valence-corrected chi connectivity index (χ3v) is 12.5. The third-order valence-electron chi connectivity index (χ3n) is 11.4. The van der Waals surface area contributed by atoms with Crippen molar-refractivity contribution in [2.75, 3.05) is 0 Å². The fourth-order valence-corrected chi connectivity index (χ4v) is 9.99. The normalized spacial score (nSPS) is 12.1. The Bertz CT molecular complexity index is 3450. The van der Waals surface area contributed by atoms with E-state index in [0.29, 0.717) is 0 Å². The van der Waals surface area contributed by atoms with Gasteiger partial charge < -0.3 is 4.42 Å². The maximum absolute atomic E-state index is 6.27. The SMILES string of the molecule is c1cc(-c2ccc3sc4cc5cc6c(cc5cc4c3c2)oc2ccccc26)cc(-c2c3ccccc3c(-c3ccc4ccccc4c3)c3ccccc23)c1. The van der Waals surface area contributed by atoms with Gasteiger partial charge in [-0.1, -0.05) is 127 Å². The Morgan fingerprint density at radius 2 is 0.852 bits per heavy atom. The first-order valence-electron chi connectivity index (χ1n) is 18.5. The highest BCUT2D eigenvalue weighted by Gasteiger charge is 2.18. The highest BCUT2D eigenvalue weighted by Crippen LogP contribution is 2.45. The molecular formula is C52H30OS. The average molecular weight is 703 g/mol. The zero-order chi connectivity index (χ0) is 35.3. The van der Waals surface area contributed by atoms with Crippen LogP contribution in [0.25, 0.3) is 119 Å². The van der Waals surface area contributed by atoms with Gasteiger partial charge in [0.05, 0.1) is 0 Å². The van der Waals surface area contributed by atoms with Gasteiger partial charge in [-0.3, -0.25) is 0 Å². The molecule has 250 valence electrons. The summed E-state index contributed by atoms with van der Waals surface area (Å²) < 4.78 is 8.87. The minimum atomic E-state index is 0.934. The molecule has 12 aromatic rings. The number of thiophene rings is 1. The molecule has 0 aliphatic heterocycles. The van der Waals surface area contributed by atoms with Crippen LogP contribution >= 0.6 is 11.3 Å². The lowest BCUT2D eigenvalue weighted by Crippen LogP contribution is -1.91. The van der Waals surface area contributed by atoms with E-state index in [-0.39, 0.29) is 0 Å². The summed E-state index contributed by atoms with van der Waals surface area (Å²) in [6.07, 6.45) is 0. The largest absolute Gasteiger partial charge is 0.456 e. The van der Waals surface area contributed by atoms with Crippen LogP contribution in [0.4, 0.5) is 0 Å². The molecule has 2 aromatic heterocycles. The number of benzene rings is 10. The molecule has 0 atom stereocenters. The van der Waals surface area contributed by atoms with Crippen LogP contribution in [0, 0.1) is 0 Å². The Kier molecular flexibility index (Phi) is 6.28. The summed E-state index contributed by atoms with van der Waals surface area (Å²) in [6.45, 7) is 0. The van der Waals surface area contributed by atoms with Gasteiger partial charge in [-0.15, -0.1) is 11.3 Å². The van der Waals surface area contributed by atoms with Crippen molar-refractivity contribution in [2.45, 2.75) is 0 Å². The van der Waals surface area contributed by atoms with Crippen molar-refractivity contribution in [3.63, 3.8) is 0 Å². The number of furan rings is 1. The van der Waals surface area contributed by atoms with Gasteiger partial charge in [-0.05, 0) is 131 Å². The van der Waals surface area contributed by atoms with Crippen LogP contribution in [0.3, 0.4) is 0 Å². The van der Waals surface area contributed by atoms with Gasteiger partial charge in [0.2, 0.25) is 0 Å². The minimum Gasteiger partial charge on any atom is -0.456 e. The molecule has 1 nitrogen and oxygen atoms in total. The van der Waals surface area contributed by atoms with Crippen LogP contribution in [-0.2, 0) is 0 Å². The predicted octanol–water partition coefficient (Wildman–Crippen LogP) is 15.6. The molecule has 0 N–H and O–H groups in total. The summed E-state index contributed by atoms with van der Waals surface area (Å²) in [5.74, 6) is 0. The Morgan fingerprint density at radius 1 is 0.278 bits per heavy atom. The molecule has 0 saturated heterocycles. The van der Waals surface area contributed by atoms with E-state index in [0.717, 1.165) is 11.2 Å². The van der Waals surface area contributed by atoms with E-state index < -0.39 is 0 Å². The van der Waals surface area contributed by atoms with Gasteiger partial charge >= 0.3 is 0 Å². The van der Waals surface area contributed by atoms with Crippen molar-refractivity contribution in [1.29, 1.82) is 0 Å². The summed E-state index contributed by atoms with van der Waals surface area (Å²) in [7, 11) is 0. The van der Waals surface area contributed by atoms with Crippen molar-refractivity contribution in [3.05, 3.63) is 182 Å². The molecule has 0 aliphatic carbocycles. The van der Waals surface area contributed by atoms with Crippen molar-refractivity contribution in [3.8, 4) is 33.4 Å². The molecule has 0 amide bonds. The van der Waals surface area contributed by atoms with Crippen LogP contribution in [0.1, 0.15) is 0 Å². The zero-order valence-corrected chi connectivity index (χ0v) is 30.0. The molecule has 0 fully saturated rings. The van der Waals surface area contributed by atoms with Crippen molar-refractivity contribution < 1.29 is 4.42 Å². The maximum atomic E-state index is 6.27. The smallest absolute Gasteiger partial charge is 0.136 e. The first-order chi connectivity index (χ1) is 26.7. The van der Waals surface area contributed by atoms with Crippen LogP contribution in [0.2, 0.25) is 0 Å². The molecule has 2 heterocycles. The summed E-state index contributed by atoms with van der Waals surface area (Å²) in [5.41, 5.74) is 9.33. The number of hydrogen-bond acceptors (Lipinski definition) is 2. The quantitative estimate of drug-likeness (QED) is 0.167. The predicted molar refractivity (Wildman–Crippen MR) is 233 cm³/mol. The average Bonchev–Trinajstić information content (AvgIpc) is 3.77. The Hall–Kier alpha value is -6.74. The first kappa shape index (κ1) is 29.8. The molecule has 0 saturated carbocycles. The fourth-order valence-electron chi connectivity index (χ4n) is 8.87. The van der Waals surface area contributed by atoms with Crippen LogP contribution in [0.5, 0.6) is 0 Å². The summed E-state index contributed by atoms with van der Waals surface area (Å²) in [6, 6.07) is 67.0. The van der Waals surface area contributed by atoms with Crippen molar-refractivity contribution in [1.82, 2.24) is 0 Å². The van der Waals surface area contributed by atoms with E-state index in [1.807, 2.05) is 17.4 Å². The lowest BCUT2D eigenvalue weighted by molar-refractivity contribution is 0.669. The molecular weight excluding hydrogens is 673 g/mol. The van der Waals surface area contributed by atoms with E-state index in [9.17, 15) is 0 Å². The van der Waals surface area contributed by atoms with Crippen LogP contribution in [-0.4, -0.2) is 0 Å². The highest BCUT2D eigenvalue weighted by molar-refractivity contribution is 7.25. The van der Waals surface area contributed by atoms with E-state index in [2.05, 4.69) is 176 Å². The summed E-state index contributed by atoms with van der Waals surface area (Å²) in [4.78, 5) is 0. The maximum Gasteiger partial charge on any atom is 0.136 e. The van der Waals surface area contributed by atoms with Crippen molar-refractivity contribution >= 4 is 96.5 Å². The van der Waals surface area contributed by atoms with Crippen LogP contribution in [0.15, 0.2) is 186 Å². The lowest BCUT2D eigenvalue weighted by Gasteiger charge is -2.18. The van der Waals surface area contributed by atoms with Gasteiger partial charge in [-0.2, -0.15) is 0 Å². The van der Waals surface area contributed by atoms with E-state index in [4.69, 9.17) is 4.42 Å². The topological polar surface area (TPSA) is 13.1 Å². The van der Waals surface area contributed by atoms with Crippen LogP contribution < -0.4 is 0 Å². The Labute approximate surface area is 314 Å². The van der Waals surface area contributed by atoms with E-state index >= 15 is 0 Å². The van der Waals surface area contributed by atoms with Gasteiger partial charge in [-0.25, -0.2) is 0 Å². The fraction of sp³-hybridized carbons (Fsp3) is 0. The van der Waals surface area contributed by atoms with Gasteiger partial charge in [0.25, 0.3) is 0 Å². The standard InChI is InChI=1S/C52H30OS/c1-2-11-32-24-36(21-20-31(32)10-1)52-42-17-5-3-15-40(42)51(41-16-4-6-18-43(41)52)35-13-9-12-33(25-35)34-22-23-49-45(26-34)46-28-37-29-48-44(27-38(37)30-50(46)54-49)39-14-7-8-19-47(39)53-48/h1-30H. The second-order valence-electron chi connectivity index (χ2n) is 14.4. The summed E-state index contributed by atoms with van der Waals surface area (Å²) >= 11 is 1.87. The number of hydrogen-bond donors (Lipinski definition) is 0. The molecule has 10 aromatic carbocycles. The third kappa shape index (κ3) is 4.44. The summed E-state index contributed by atoms with van der Waals surface area (Å²) in [5, 5.41) is 14.9. The molecule has 0 radical (unpaired) electrons. The monoisotopic (exact) mass is 702 g/mol. The minimum absolute atomic E-state index is 0.934. The molecule has 0 spiro atoms. The second kappa shape index (κ2) is 11.4. The number of fused-ring (bicyclic) bond motifs is 10. The van der Waals surface area contributed by atoms with Gasteiger partial charge in [0.1, 0.15) is 11.2 Å². The first-order valence-corrected chi connectivity index (χ1v) is 19.3. The zero-order valence-electron chi connectivity index (χ0n) is 29.1. The Morgan fingerprint density at radius 3 is 1.63 bits per heavy atom. The Balaban J connectivity index is 1.02. The molecule has 0 bridgehead atoms. The molecule has 0 aliphatic rings. The molecule has 12 rings (SSSR count). The second-order valence-corrected chi connectivity index (χ2v) is 15.5. The van der Waals surface area contributed by atoms with Gasteiger partial charge in [0, 0.05) is 30.9 Å². The van der Waals surface area contributed by atoms with Gasteiger partial charge in [0.15, 0.2) is 0 Å².